The molecule has 0 fully saturated rings. The van der Waals surface area contributed by atoms with Gasteiger partial charge in [-0.25, -0.2) is 4.98 Å². The molecule has 0 saturated heterocycles. The number of nitrogens with zero attached hydrogens (tertiary/aromatic N) is 1. The molecule has 21 heavy (non-hydrogen) atoms. The summed E-state index contributed by atoms with van der Waals surface area (Å²) in [5.74, 6) is 0.663. The Balaban J connectivity index is 2.18. The van der Waals surface area contributed by atoms with Crippen molar-refractivity contribution in [3.63, 3.8) is 0 Å². The van der Waals surface area contributed by atoms with Gasteiger partial charge >= 0.3 is 0 Å². The first-order valence-electron chi connectivity index (χ1n) is 7.15. The van der Waals surface area contributed by atoms with E-state index in [1.54, 1.807) is 7.11 Å². The second kappa shape index (κ2) is 7.09. The summed E-state index contributed by atoms with van der Waals surface area (Å²) < 4.78 is 5.37. The van der Waals surface area contributed by atoms with E-state index >= 15 is 0 Å². The summed E-state index contributed by atoms with van der Waals surface area (Å²) in [6.45, 7) is 4.81. The smallest absolute Gasteiger partial charge is 0.218 e. The molecule has 4 nitrogen and oxygen atoms in total. The zero-order valence-corrected chi connectivity index (χ0v) is 12.8. The predicted octanol–water partition coefficient (Wildman–Crippen LogP) is 3.07. The number of benzene rings is 1. The lowest BCUT2D eigenvalue weighted by Crippen LogP contribution is -2.06. The van der Waals surface area contributed by atoms with Crippen molar-refractivity contribution in [2.45, 2.75) is 33.4 Å². The Bertz CT molecular complexity index is 612. The SMILES string of the molecule is CCc1cc(CNc2cccc(CO)c2)c(OC)nc1C. The van der Waals surface area contributed by atoms with Gasteiger partial charge in [-0.2, -0.15) is 0 Å². The molecule has 0 atom stereocenters. The Morgan fingerprint density at radius 2 is 2.05 bits per heavy atom. The van der Waals surface area contributed by atoms with Crippen molar-refractivity contribution < 1.29 is 9.84 Å². The maximum Gasteiger partial charge on any atom is 0.218 e. The van der Waals surface area contributed by atoms with Crippen LogP contribution in [0.1, 0.15) is 29.3 Å². The molecule has 1 heterocycles. The van der Waals surface area contributed by atoms with E-state index in [-0.39, 0.29) is 6.61 Å². The van der Waals surface area contributed by atoms with Crippen LogP contribution in [-0.2, 0) is 19.6 Å². The van der Waals surface area contributed by atoms with Crippen LogP contribution in [0.4, 0.5) is 5.69 Å². The molecule has 0 aliphatic rings. The number of methoxy groups -OCH3 is 1. The maximum absolute atomic E-state index is 9.17. The van der Waals surface area contributed by atoms with Crippen molar-refractivity contribution in [3.8, 4) is 5.88 Å². The molecule has 0 saturated carbocycles. The molecule has 0 aliphatic heterocycles. The summed E-state index contributed by atoms with van der Waals surface area (Å²) in [7, 11) is 1.64. The molecule has 0 spiro atoms. The summed E-state index contributed by atoms with van der Waals surface area (Å²) >= 11 is 0. The van der Waals surface area contributed by atoms with Crippen LogP contribution in [-0.4, -0.2) is 17.2 Å². The van der Waals surface area contributed by atoms with Crippen LogP contribution >= 0.6 is 0 Å². The van der Waals surface area contributed by atoms with Gasteiger partial charge in [-0.1, -0.05) is 19.1 Å². The third-order valence-electron chi connectivity index (χ3n) is 3.52. The zero-order valence-electron chi connectivity index (χ0n) is 12.8. The average Bonchev–Trinajstić information content (AvgIpc) is 2.53. The highest BCUT2D eigenvalue weighted by Gasteiger charge is 2.09. The van der Waals surface area contributed by atoms with Crippen molar-refractivity contribution in [2.75, 3.05) is 12.4 Å². The Kier molecular flexibility index (Phi) is 5.17. The number of pyridine rings is 1. The lowest BCUT2D eigenvalue weighted by molar-refractivity contribution is 0.282. The van der Waals surface area contributed by atoms with Crippen molar-refractivity contribution >= 4 is 5.69 Å². The van der Waals surface area contributed by atoms with Gasteiger partial charge in [0.2, 0.25) is 5.88 Å². The summed E-state index contributed by atoms with van der Waals surface area (Å²) in [6.07, 6.45) is 0.954. The molecule has 112 valence electrons. The lowest BCUT2D eigenvalue weighted by Gasteiger charge is -2.13. The molecule has 0 aliphatic carbocycles. The first kappa shape index (κ1) is 15.3. The first-order chi connectivity index (χ1) is 10.2. The van der Waals surface area contributed by atoms with Crippen molar-refractivity contribution in [1.82, 2.24) is 4.98 Å². The number of ether oxygens (including phenoxy) is 1. The van der Waals surface area contributed by atoms with E-state index in [0.29, 0.717) is 12.4 Å². The number of anilines is 1. The van der Waals surface area contributed by atoms with Crippen LogP contribution in [0, 0.1) is 6.92 Å². The number of aryl methyl sites for hydroxylation is 2. The Labute approximate surface area is 125 Å². The van der Waals surface area contributed by atoms with Crippen LogP contribution in [0.25, 0.3) is 0 Å². The molecule has 1 aromatic carbocycles. The number of rotatable bonds is 6. The number of nitrogens with one attached hydrogen (secondary N) is 1. The van der Waals surface area contributed by atoms with Crippen LogP contribution in [0.2, 0.25) is 0 Å². The third-order valence-corrected chi connectivity index (χ3v) is 3.52. The molecule has 0 bridgehead atoms. The monoisotopic (exact) mass is 286 g/mol. The van der Waals surface area contributed by atoms with E-state index < -0.39 is 0 Å². The molecule has 1 aromatic heterocycles. The quantitative estimate of drug-likeness (QED) is 0.857. The molecule has 4 heteroatoms. The number of aliphatic hydroxyl groups excluding tert-OH is 1. The van der Waals surface area contributed by atoms with Gasteiger partial charge in [-0.15, -0.1) is 0 Å². The number of hydrogen-bond donors (Lipinski definition) is 2. The van der Waals surface area contributed by atoms with Crippen LogP contribution in [0.15, 0.2) is 30.3 Å². The van der Waals surface area contributed by atoms with Crippen molar-refractivity contribution in [3.05, 3.63) is 52.7 Å². The highest BCUT2D eigenvalue weighted by atomic mass is 16.5. The highest BCUT2D eigenvalue weighted by Crippen LogP contribution is 2.21. The Morgan fingerprint density at radius 3 is 2.71 bits per heavy atom. The molecule has 2 rings (SSSR count). The first-order valence-corrected chi connectivity index (χ1v) is 7.15. The number of aliphatic hydroxyl groups is 1. The third kappa shape index (κ3) is 3.73. The number of hydrogen-bond acceptors (Lipinski definition) is 4. The largest absolute Gasteiger partial charge is 0.481 e. The minimum Gasteiger partial charge on any atom is -0.481 e. The lowest BCUT2D eigenvalue weighted by atomic mass is 10.1. The summed E-state index contributed by atoms with van der Waals surface area (Å²) in [6, 6.07) is 9.89. The number of aromatic nitrogens is 1. The van der Waals surface area contributed by atoms with E-state index in [1.165, 1.54) is 5.56 Å². The molecule has 2 N–H and O–H groups in total. The van der Waals surface area contributed by atoms with Gasteiger partial charge in [0.15, 0.2) is 0 Å². The average molecular weight is 286 g/mol. The fourth-order valence-electron chi connectivity index (χ4n) is 2.31. The second-order valence-electron chi connectivity index (χ2n) is 4.97. The fraction of sp³-hybridized carbons (Fsp3) is 0.353. The summed E-state index contributed by atoms with van der Waals surface area (Å²) in [5, 5.41) is 12.5. The fourth-order valence-corrected chi connectivity index (χ4v) is 2.31. The second-order valence-corrected chi connectivity index (χ2v) is 4.97. The molecular weight excluding hydrogens is 264 g/mol. The van der Waals surface area contributed by atoms with Crippen molar-refractivity contribution in [1.29, 1.82) is 0 Å². The van der Waals surface area contributed by atoms with E-state index in [9.17, 15) is 5.11 Å². The van der Waals surface area contributed by atoms with Crippen molar-refractivity contribution in [2.24, 2.45) is 0 Å². The normalized spacial score (nSPS) is 10.5. The van der Waals surface area contributed by atoms with E-state index in [0.717, 1.165) is 28.9 Å². The molecule has 2 aromatic rings. The molecule has 0 radical (unpaired) electrons. The van der Waals surface area contributed by atoms with Gasteiger partial charge in [-0.05, 0) is 42.7 Å². The van der Waals surface area contributed by atoms with Gasteiger partial charge in [0.1, 0.15) is 0 Å². The zero-order chi connectivity index (χ0) is 15.2. The van der Waals surface area contributed by atoms with Crippen LogP contribution < -0.4 is 10.1 Å². The Hall–Kier alpha value is -2.07. The predicted molar refractivity (Wildman–Crippen MR) is 84.6 cm³/mol. The van der Waals surface area contributed by atoms with Gasteiger partial charge in [0.05, 0.1) is 13.7 Å². The molecule has 0 unspecified atom stereocenters. The molecular formula is C17H22N2O2. The molecule has 0 amide bonds. The van der Waals surface area contributed by atoms with Crippen LogP contribution in [0.5, 0.6) is 5.88 Å². The highest BCUT2D eigenvalue weighted by molar-refractivity contribution is 5.47. The maximum atomic E-state index is 9.17. The van der Waals surface area contributed by atoms with Gasteiger partial charge in [0.25, 0.3) is 0 Å². The van der Waals surface area contributed by atoms with Crippen LogP contribution in [0.3, 0.4) is 0 Å². The van der Waals surface area contributed by atoms with E-state index in [2.05, 4.69) is 23.3 Å². The van der Waals surface area contributed by atoms with Gasteiger partial charge < -0.3 is 15.2 Å². The van der Waals surface area contributed by atoms with Gasteiger partial charge in [-0.3, -0.25) is 0 Å². The minimum absolute atomic E-state index is 0.0465. The minimum atomic E-state index is 0.0465. The van der Waals surface area contributed by atoms with E-state index in [4.69, 9.17) is 4.74 Å². The summed E-state index contributed by atoms with van der Waals surface area (Å²) in [5.41, 5.74) is 5.15. The Morgan fingerprint density at radius 1 is 1.24 bits per heavy atom. The van der Waals surface area contributed by atoms with Gasteiger partial charge in [0, 0.05) is 23.5 Å². The summed E-state index contributed by atoms with van der Waals surface area (Å²) in [4.78, 5) is 4.51. The standard InChI is InChI=1S/C17H22N2O2/c1-4-14-9-15(17(21-3)19-12(14)2)10-18-16-7-5-6-13(8-16)11-20/h5-9,18,20H,4,10-11H2,1-3H3. The topological polar surface area (TPSA) is 54.4 Å². The van der Waals surface area contributed by atoms with E-state index in [1.807, 2.05) is 31.2 Å².